The molecule has 164 valence electrons. The molecule has 4 aromatic rings. The highest BCUT2D eigenvalue weighted by atomic mass is 79.9. The van der Waals surface area contributed by atoms with E-state index >= 15 is 0 Å². The second-order valence-electron chi connectivity index (χ2n) is 7.43. The van der Waals surface area contributed by atoms with Crippen LogP contribution in [0, 0.1) is 0 Å². The number of amides is 2. The van der Waals surface area contributed by atoms with Crippen LogP contribution in [0.3, 0.4) is 0 Å². The summed E-state index contributed by atoms with van der Waals surface area (Å²) in [4.78, 5) is 27.3. The van der Waals surface area contributed by atoms with E-state index in [0.29, 0.717) is 27.2 Å². The predicted octanol–water partition coefficient (Wildman–Crippen LogP) is 8.00. The molecule has 4 nitrogen and oxygen atoms in total. The van der Waals surface area contributed by atoms with Gasteiger partial charge in [-0.25, -0.2) is 4.90 Å². The van der Waals surface area contributed by atoms with Crippen LogP contribution in [0.25, 0.3) is 17.0 Å². The number of nitrogens with zero attached hydrogens (tertiary/aromatic N) is 2. The van der Waals surface area contributed by atoms with Crippen molar-refractivity contribution in [3.63, 3.8) is 0 Å². The normalized spacial score (nSPS) is 15.2. The van der Waals surface area contributed by atoms with Crippen LogP contribution in [0.1, 0.15) is 11.1 Å². The Balaban J connectivity index is 1.57. The third kappa shape index (κ3) is 4.24. The molecule has 1 aliphatic rings. The second kappa shape index (κ2) is 9.03. The number of carbonyl (C=O) groups excluding carboxylic acids is 2. The van der Waals surface area contributed by atoms with E-state index in [0.717, 1.165) is 43.2 Å². The lowest BCUT2D eigenvalue weighted by atomic mass is 10.1. The van der Waals surface area contributed by atoms with Gasteiger partial charge in [-0.2, -0.15) is 0 Å². The van der Waals surface area contributed by atoms with Gasteiger partial charge in [0.15, 0.2) is 0 Å². The number of aromatic nitrogens is 1. The molecule has 1 saturated heterocycles. The van der Waals surface area contributed by atoms with E-state index in [9.17, 15) is 9.59 Å². The van der Waals surface area contributed by atoms with E-state index in [2.05, 4.69) is 20.5 Å². The summed E-state index contributed by atoms with van der Waals surface area (Å²) in [6.45, 7) is 0.576. The quantitative estimate of drug-likeness (QED) is 0.239. The molecule has 0 unspecified atom stereocenters. The second-order valence-corrected chi connectivity index (χ2v) is 10.2. The van der Waals surface area contributed by atoms with Crippen molar-refractivity contribution in [3.8, 4) is 0 Å². The van der Waals surface area contributed by atoms with Crippen molar-refractivity contribution in [1.29, 1.82) is 0 Å². The standard InChI is InChI=1S/C25H15BrCl2N2O2S/c26-17-9-10-21-18(12-17)16(14-29(21)13-15-5-1-2-6-19(15)27)11-23-24(31)30(25(32)33-23)22-8-4-3-7-20(22)28/h1-12,14H,13H2/b23-11-. The van der Waals surface area contributed by atoms with E-state index in [4.69, 9.17) is 23.2 Å². The minimum absolute atomic E-state index is 0.344. The van der Waals surface area contributed by atoms with E-state index in [1.54, 1.807) is 30.3 Å². The number of para-hydroxylation sites is 1. The maximum Gasteiger partial charge on any atom is 0.298 e. The zero-order valence-corrected chi connectivity index (χ0v) is 20.9. The van der Waals surface area contributed by atoms with Gasteiger partial charge in [0, 0.05) is 38.7 Å². The number of anilines is 1. The first-order valence-corrected chi connectivity index (χ1v) is 12.3. The van der Waals surface area contributed by atoms with Gasteiger partial charge >= 0.3 is 0 Å². The minimum Gasteiger partial charge on any atom is -0.342 e. The lowest BCUT2D eigenvalue weighted by Gasteiger charge is -2.13. The molecule has 1 fully saturated rings. The van der Waals surface area contributed by atoms with Crippen molar-refractivity contribution < 1.29 is 9.59 Å². The number of carbonyl (C=O) groups is 2. The molecule has 2 heterocycles. The lowest BCUT2D eigenvalue weighted by Crippen LogP contribution is -2.27. The molecule has 0 spiro atoms. The Bertz CT molecular complexity index is 1460. The van der Waals surface area contributed by atoms with Crippen molar-refractivity contribution in [3.05, 3.63) is 103 Å². The monoisotopic (exact) mass is 556 g/mol. The summed E-state index contributed by atoms with van der Waals surface area (Å²) in [5.74, 6) is -0.389. The predicted molar refractivity (Wildman–Crippen MR) is 140 cm³/mol. The molecule has 0 atom stereocenters. The van der Waals surface area contributed by atoms with Crippen LogP contribution in [0.15, 0.2) is 82.3 Å². The fourth-order valence-corrected chi connectivity index (χ4v) is 5.40. The number of hydrogen-bond donors (Lipinski definition) is 0. The molecular formula is C25H15BrCl2N2O2S. The molecule has 3 aromatic carbocycles. The molecule has 5 rings (SSSR count). The molecule has 0 saturated carbocycles. The Morgan fingerprint density at radius 1 is 0.939 bits per heavy atom. The van der Waals surface area contributed by atoms with Gasteiger partial charge in [-0.05, 0) is 59.8 Å². The molecular weight excluding hydrogens is 543 g/mol. The van der Waals surface area contributed by atoms with Gasteiger partial charge in [0.25, 0.3) is 11.1 Å². The van der Waals surface area contributed by atoms with Crippen molar-refractivity contribution in [1.82, 2.24) is 4.57 Å². The third-order valence-corrected chi connectivity index (χ3v) is 7.40. The van der Waals surface area contributed by atoms with Crippen LogP contribution >= 0.6 is 50.9 Å². The van der Waals surface area contributed by atoms with Crippen molar-refractivity contribution in [2.24, 2.45) is 0 Å². The molecule has 2 amide bonds. The SMILES string of the molecule is O=C1S/C(=C\c2cn(Cc3ccccc3Cl)c3ccc(Br)cc23)C(=O)N1c1ccccc1Cl. The Morgan fingerprint density at radius 3 is 2.42 bits per heavy atom. The van der Waals surface area contributed by atoms with Crippen LogP contribution in [-0.4, -0.2) is 15.7 Å². The van der Waals surface area contributed by atoms with Gasteiger partial charge < -0.3 is 4.57 Å². The highest BCUT2D eigenvalue weighted by Gasteiger charge is 2.37. The minimum atomic E-state index is -0.389. The smallest absolute Gasteiger partial charge is 0.298 e. The molecule has 1 aromatic heterocycles. The maximum absolute atomic E-state index is 13.1. The van der Waals surface area contributed by atoms with Crippen molar-refractivity contribution >= 4 is 84.7 Å². The first-order chi connectivity index (χ1) is 15.9. The van der Waals surface area contributed by atoms with E-state index in [-0.39, 0.29) is 11.1 Å². The summed E-state index contributed by atoms with van der Waals surface area (Å²) in [6.07, 6.45) is 3.74. The van der Waals surface area contributed by atoms with Gasteiger partial charge in [-0.3, -0.25) is 9.59 Å². The van der Waals surface area contributed by atoms with Gasteiger partial charge in [0.05, 0.1) is 15.6 Å². The van der Waals surface area contributed by atoms with Gasteiger partial charge in [0.1, 0.15) is 0 Å². The number of benzene rings is 3. The summed E-state index contributed by atoms with van der Waals surface area (Å²) >= 11 is 17.1. The lowest BCUT2D eigenvalue weighted by molar-refractivity contribution is -0.113. The largest absolute Gasteiger partial charge is 0.342 e. The molecule has 0 aliphatic carbocycles. The summed E-state index contributed by atoms with van der Waals surface area (Å²) in [5, 5.41) is 1.63. The summed E-state index contributed by atoms with van der Waals surface area (Å²) in [5.41, 5.74) is 3.20. The molecule has 0 bridgehead atoms. The van der Waals surface area contributed by atoms with Crippen molar-refractivity contribution in [2.45, 2.75) is 6.54 Å². The summed E-state index contributed by atoms with van der Waals surface area (Å²) in [7, 11) is 0. The Labute approximate surface area is 212 Å². The molecule has 8 heteroatoms. The van der Waals surface area contributed by atoms with Crippen LogP contribution < -0.4 is 4.90 Å². The molecule has 0 N–H and O–H groups in total. The Kier molecular flexibility index (Phi) is 6.10. The zero-order valence-electron chi connectivity index (χ0n) is 17.0. The number of rotatable bonds is 4. The Hall–Kier alpha value is -2.51. The number of fused-ring (bicyclic) bond motifs is 1. The van der Waals surface area contributed by atoms with Crippen LogP contribution in [0.2, 0.25) is 10.0 Å². The highest BCUT2D eigenvalue weighted by Crippen LogP contribution is 2.39. The van der Waals surface area contributed by atoms with Gasteiger partial charge in [0.2, 0.25) is 0 Å². The van der Waals surface area contributed by atoms with E-state index in [1.807, 2.05) is 48.7 Å². The van der Waals surface area contributed by atoms with Gasteiger partial charge in [-0.1, -0.05) is 69.5 Å². The summed E-state index contributed by atoms with van der Waals surface area (Å²) < 4.78 is 3.01. The fourth-order valence-electron chi connectivity index (χ4n) is 3.80. The van der Waals surface area contributed by atoms with Crippen molar-refractivity contribution in [2.75, 3.05) is 4.90 Å². The number of imide groups is 1. The number of halogens is 3. The topological polar surface area (TPSA) is 42.3 Å². The molecule has 33 heavy (non-hydrogen) atoms. The third-order valence-electron chi connectivity index (χ3n) is 5.35. The van der Waals surface area contributed by atoms with Crippen LogP contribution in [0.4, 0.5) is 10.5 Å². The van der Waals surface area contributed by atoms with E-state index in [1.165, 1.54) is 0 Å². The Morgan fingerprint density at radius 2 is 1.67 bits per heavy atom. The highest BCUT2D eigenvalue weighted by molar-refractivity contribution is 9.10. The first kappa shape index (κ1) is 22.3. The number of hydrogen-bond acceptors (Lipinski definition) is 3. The zero-order chi connectivity index (χ0) is 23.1. The van der Waals surface area contributed by atoms with Gasteiger partial charge in [-0.15, -0.1) is 0 Å². The van der Waals surface area contributed by atoms with E-state index < -0.39 is 0 Å². The maximum atomic E-state index is 13.1. The average molecular weight is 558 g/mol. The fraction of sp³-hybridized carbons (Fsp3) is 0.0400. The average Bonchev–Trinajstić information content (AvgIpc) is 3.26. The first-order valence-electron chi connectivity index (χ1n) is 9.96. The number of thioether (sulfide) groups is 1. The van der Waals surface area contributed by atoms with Crippen LogP contribution in [0.5, 0.6) is 0 Å². The molecule has 1 aliphatic heterocycles. The van der Waals surface area contributed by atoms with Crippen LogP contribution in [-0.2, 0) is 11.3 Å². The molecule has 0 radical (unpaired) electrons. The summed E-state index contributed by atoms with van der Waals surface area (Å²) in [6, 6.07) is 20.5.